The third-order valence-corrected chi connectivity index (χ3v) is 7.00. The van der Waals surface area contributed by atoms with Crippen molar-refractivity contribution < 1.29 is 36.6 Å². The molecule has 3 aromatic carbocycles. The van der Waals surface area contributed by atoms with E-state index in [1.165, 1.54) is 40.2 Å². The maximum Gasteiger partial charge on any atom is 0.573 e. The second kappa shape index (κ2) is 12.8. The Morgan fingerprint density at radius 2 is 1.89 bits per heavy atom. The number of benzene rings is 3. The predicted octanol–water partition coefficient (Wildman–Crippen LogP) is 6.74. The standard InChI is InChI=1S/C29H24F4N6O4S/c1-3-12-42-24-11-4-17(2)13-23(24)39-25(40)15-44-28(39)36-27(41)35-22-10-5-18(14-21(22)30)26-34-16-38(37-26)19-6-8-20(9-7-19)43-29(31,32)33/h4-11,13-14,16H,3,12,15H2,1-2H3,(H,35,41)/b36-28-. The van der Waals surface area contributed by atoms with Crippen molar-refractivity contribution in [3.63, 3.8) is 0 Å². The van der Waals surface area contributed by atoms with E-state index in [2.05, 4.69) is 25.1 Å². The van der Waals surface area contributed by atoms with E-state index < -0.39 is 24.0 Å². The summed E-state index contributed by atoms with van der Waals surface area (Å²) in [6.45, 7) is 4.27. The van der Waals surface area contributed by atoms with Crippen LogP contribution in [0.2, 0.25) is 0 Å². The minimum absolute atomic E-state index is 0.0709. The first-order chi connectivity index (χ1) is 21.0. The Bertz CT molecular complexity index is 1730. The smallest absolute Gasteiger partial charge is 0.491 e. The highest BCUT2D eigenvalue weighted by Gasteiger charge is 2.33. The van der Waals surface area contributed by atoms with E-state index in [9.17, 15) is 22.8 Å². The molecule has 1 aromatic heterocycles. The van der Waals surface area contributed by atoms with E-state index >= 15 is 4.39 Å². The zero-order valence-corrected chi connectivity index (χ0v) is 24.1. The number of nitrogens with one attached hydrogen (secondary N) is 1. The molecule has 1 aliphatic rings. The van der Waals surface area contributed by atoms with E-state index in [1.807, 2.05) is 19.9 Å². The van der Waals surface area contributed by atoms with Gasteiger partial charge in [0.2, 0.25) is 5.91 Å². The third-order valence-electron chi connectivity index (χ3n) is 6.08. The monoisotopic (exact) mass is 628 g/mol. The molecule has 1 fully saturated rings. The molecule has 0 saturated carbocycles. The summed E-state index contributed by atoms with van der Waals surface area (Å²) in [5, 5.41) is 6.77. The van der Waals surface area contributed by atoms with Crippen LogP contribution >= 0.6 is 11.8 Å². The van der Waals surface area contributed by atoms with Crippen LogP contribution in [0.4, 0.5) is 33.7 Å². The van der Waals surface area contributed by atoms with Crippen LogP contribution in [0, 0.1) is 12.7 Å². The zero-order chi connectivity index (χ0) is 31.4. The number of nitrogens with zero attached hydrogens (tertiary/aromatic N) is 5. The number of anilines is 2. The predicted molar refractivity (Wildman–Crippen MR) is 157 cm³/mol. The van der Waals surface area contributed by atoms with Crippen LogP contribution in [0.3, 0.4) is 0 Å². The van der Waals surface area contributed by atoms with Crippen molar-refractivity contribution in [1.29, 1.82) is 0 Å². The normalized spacial score (nSPS) is 14.3. The number of rotatable bonds is 8. The van der Waals surface area contributed by atoms with Crippen LogP contribution in [0.1, 0.15) is 18.9 Å². The zero-order valence-electron chi connectivity index (χ0n) is 23.3. The Morgan fingerprint density at radius 3 is 2.59 bits per heavy atom. The van der Waals surface area contributed by atoms with E-state index in [0.29, 0.717) is 23.7 Å². The van der Waals surface area contributed by atoms with E-state index in [1.54, 1.807) is 12.1 Å². The number of ether oxygens (including phenoxy) is 2. The number of amides is 3. The third kappa shape index (κ3) is 7.16. The van der Waals surface area contributed by atoms with Gasteiger partial charge in [-0.1, -0.05) is 24.8 Å². The molecule has 0 aliphatic carbocycles. The molecule has 0 spiro atoms. The van der Waals surface area contributed by atoms with Gasteiger partial charge in [0.1, 0.15) is 23.6 Å². The molecule has 0 unspecified atom stereocenters. The number of carbonyl (C=O) groups is 2. The molecular formula is C29H24F4N6O4S. The second-order valence-electron chi connectivity index (χ2n) is 9.41. The van der Waals surface area contributed by atoms with Gasteiger partial charge in [0, 0.05) is 5.56 Å². The SMILES string of the molecule is CCCOc1ccc(C)cc1N1C(=O)CS/C1=N\C(=O)Nc1ccc(-c2ncn(-c3ccc(OC(F)(F)F)cc3)n2)cc1F. The summed E-state index contributed by atoms with van der Waals surface area (Å²) >= 11 is 1.08. The molecule has 4 aromatic rings. The summed E-state index contributed by atoms with van der Waals surface area (Å²) in [5.41, 5.74) is 1.87. The van der Waals surface area contributed by atoms with Crippen molar-refractivity contribution in [3.8, 4) is 28.6 Å². The first-order valence-corrected chi connectivity index (χ1v) is 14.2. The van der Waals surface area contributed by atoms with Crippen LogP contribution in [0.5, 0.6) is 11.5 Å². The number of aliphatic imine (C=N–C) groups is 1. The lowest BCUT2D eigenvalue weighted by molar-refractivity contribution is -0.274. The van der Waals surface area contributed by atoms with Gasteiger partial charge in [-0.2, -0.15) is 4.99 Å². The highest BCUT2D eigenvalue weighted by molar-refractivity contribution is 8.15. The number of hydrogen-bond donors (Lipinski definition) is 1. The second-order valence-corrected chi connectivity index (χ2v) is 10.4. The van der Waals surface area contributed by atoms with Gasteiger partial charge in [-0.05, 0) is 73.5 Å². The number of thioether (sulfide) groups is 1. The number of carbonyl (C=O) groups excluding carboxylic acids is 2. The minimum atomic E-state index is -4.81. The topological polar surface area (TPSA) is 111 Å². The molecule has 1 aliphatic heterocycles. The number of amidine groups is 1. The molecule has 44 heavy (non-hydrogen) atoms. The number of aromatic nitrogens is 3. The lowest BCUT2D eigenvalue weighted by atomic mass is 10.2. The number of alkyl halides is 3. The van der Waals surface area contributed by atoms with Crippen molar-refractivity contribution in [1.82, 2.24) is 14.8 Å². The van der Waals surface area contributed by atoms with Gasteiger partial charge in [0.25, 0.3) is 0 Å². The summed E-state index contributed by atoms with van der Waals surface area (Å²) in [6.07, 6.45) is -2.73. The fourth-order valence-electron chi connectivity index (χ4n) is 4.12. The number of urea groups is 1. The largest absolute Gasteiger partial charge is 0.573 e. The van der Waals surface area contributed by atoms with Crippen molar-refractivity contribution in [2.45, 2.75) is 26.6 Å². The van der Waals surface area contributed by atoms with Crippen LogP contribution in [-0.4, -0.2) is 50.6 Å². The molecule has 0 radical (unpaired) electrons. The van der Waals surface area contributed by atoms with Gasteiger partial charge in [-0.15, -0.1) is 18.3 Å². The summed E-state index contributed by atoms with van der Waals surface area (Å²) in [5.74, 6) is -0.775. The molecule has 228 valence electrons. The lowest BCUT2D eigenvalue weighted by Crippen LogP contribution is -2.31. The molecule has 2 heterocycles. The Labute approximate surface area is 252 Å². The lowest BCUT2D eigenvalue weighted by Gasteiger charge is -2.20. The van der Waals surface area contributed by atoms with Crippen molar-refractivity contribution in [2.24, 2.45) is 4.99 Å². The first-order valence-electron chi connectivity index (χ1n) is 13.2. The van der Waals surface area contributed by atoms with E-state index in [-0.39, 0.29) is 33.9 Å². The quantitative estimate of drug-likeness (QED) is 0.215. The average Bonchev–Trinajstić information content (AvgIpc) is 3.60. The fraction of sp³-hybridized carbons (Fsp3) is 0.207. The minimum Gasteiger partial charge on any atom is -0.491 e. The highest BCUT2D eigenvalue weighted by atomic mass is 32.2. The summed E-state index contributed by atoms with van der Waals surface area (Å²) in [7, 11) is 0. The molecule has 10 nitrogen and oxygen atoms in total. The molecule has 1 N–H and O–H groups in total. The molecular weight excluding hydrogens is 604 g/mol. The Hall–Kier alpha value is -4.92. The van der Waals surface area contributed by atoms with Crippen LogP contribution in [0.25, 0.3) is 17.1 Å². The van der Waals surface area contributed by atoms with Gasteiger partial charge in [0.15, 0.2) is 11.0 Å². The summed E-state index contributed by atoms with van der Waals surface area (Å²) in [4.78, 5) is 35.0. The first kappa shape index (κ1) is 30.5. The average molecular weight is 629 g/mol. The molecule has 0 atom stereocenters. The number of aryl methyl sites for hydroxylation is 1. The van der Waals surface area contributed by atoms with Gasteiger partial charge in [0.05, 0.1) is 29.4 Å². The van der Waals surface area contributed by atoms with Crippen molar-refractivity contribution >= 4 is 40.2 Å². The van der Waals surface area contributed by atoms with Crippen LogP contribution < -0.4 is 19.7 Å². The van der Waals surface area contributed by atoms with Gasteiger partial charge >= 0.3 is 12.4 Å². The number of hydrogen-bond acceptors (Lipinski definition) is 7. The molecule has 0 bridgehead atoms. The molecule has 5 rings (SSSR count). The number of halogens is 4. The molecule has 15 heteroatoms. The molecule has 1 saturated heterocycles. The van der Waals surface area contributed by atoms with Gasteiger partial charge in [-0.3, -0.25) is 9.69 Å². The fourth-order valence-corrected chi connectivity index (χ4v) is 4.98. The highest BCUT2D eigenvalue weighted by Crippen LogP contribution is 2.35. The molecule has 3 amide bonds. The Balaban J connectivity index is 1.30. The van der Waals surface area contributed by atoms with E-state index in [4.69, 9.17) is 4.74 Å². The van der Waals surface area contributed by atoms with Gasteiger partial charge in [-0.25, -0.2) is 18.9 Å². The maximum absolute atomic E-state index is 15.0. The van der Waals surface area contributed by atoms with Gasteiger partial charge < -0.3 is 14.8 Å². The van der Waals surface area contributed by atoms with Crippen molar-refractivity contribution in [3.05, 3.63) is 78.4 Å². The Morgan fingerprint density at radius 1 is 1.11 bits per heavy atom. The Kier molecular flexibility index (Phi) is 8.85. The maximum atomic E-state index is 15.0. The van der Waals surface area contributed by atoms with Crippen LogP contribution in [0.15, 0.2) is 72.0 Å². The van der Waals surface area contributed by atoms with Crippen LogP contribution in [-0.2, 0) is 4.79 Å². The van der Waals surface area contributed by atoms with E-state index in [0.717, 1.165) is 41.9 Å². The summed E-state index contributed by atoms with van der Waals surface area (Å²) in [6, 6.07) is 13.4. The van der Waals surface area contributed by atoms with Crippen molar-refractivity contribution in [2.75, 3.05) is 22.6 Å². The summed E-state index contributed by atoms with van der Waals surface area (Å²) < 4.78 is 63.2.